The number of carbonyl (C=O) groups is 1. The van der Waals surface area contributed by atoms with E-state index in [0.717, 1.165) is 16.0 Å². The number of rotatable bonds is 3. The first kappa shape index (κ1) is 14.4. The molecule has 0 aliphatic rings. The minimum absolute atomic E-state index is 0.198. The summed E-state index contributed by atoms with van der Waals surface area (Å²) in [6.45, 7) is 1.94. The van der Waals surface area contributed by atoms with Gasteiger partial charge in [-0.15, -0.1) is 11.3 Å². The molecular formula is C17H13FN2OS. The van der Waals surface area contributed by atoms with Crippen molar-refractivity contribution in [1.29, 1.82) is 0 Å². The van der Waals surface area contributed by atoms with Crippen LogP contribution in [0, 0.1) is 12.7 Å². The zero-order valence-corrected chi connectivity index (χ0v) is 12.7. The lowest BCUT2D eigenvalue weighted by Crippen LogP contribution is -2.11. The number of hydrogen-bond acceptors (Lipinski definition) is 3. The lowest BCUT2D eigenvalue weighted by Gasteiger charge is -2.03. The largest absolute Gasteiger partial charge is 0.306 e. The summed E-state index contributed by atoms with van der Waals surface area (Å²) in [5, 5.41) is 2.77. The zero-order valence-electron chi connectivity index (χ0n) is 11.8. The second kappa shape index (κ2) is 6.07. The third kappa shape index (κ3) is 3.20. The van der Waals surface area contributed by atoms with Crippen molar-refractivity contribution in [3.63, 3.8) is 0 Å². The molecule has 0 fully saturated rings. The van der Waals surface area contributed by atoms with Crippen LogP contribution in [0.4, 0.5) is 10.2 Å². The van der Waals surface area contributed by atoms with E-state index in [1.807, 2.05) is 25.1 Å². The molecule has 1 N–H and O–H groups in total. The Hall–Kier alpha value is -2.53. The van der Waals surface area contributed by atoms with Crippen LogP contribution in [0.25, 0.3) is 10.4 Å². The van der Waals surface area contributed by atoms with Gasteiger partial charge in [-0.3, -0.25) is 4.79 Å². The van der Waals surface area contributed by atoms with Crippen molar-refractivity contribution in [1.82, 2.24) is 4.98 Å². The van der Waals surface area contributed by atoms with Gasteiger partial charge in [0.25, 0.3) is 5.91 Å². The van der Waals surface area contributed by atoms with Crippen LogP contribution in [-0.4, -0.2) is 10.9 Å². The average molecular weight is 312 g/mol. The van der Waals surface area contributed by atoms with E-state index in [4.69, 9.17) is 0 Å². The predicted molar refractivity (Wildman–Crippen MR) is 86.6 cm³/mol. The number of hydrogen-bond donors (Lipinski definition) is 1. The molecule has 0 saturated carbocycles. The van der Waals surface area contributed by atoms with E-state index in [1.165, 1.54) is 23.5 Å². The minimum Gasteiger partial charge on any atom is -0.306 e. The van der Waals surface area contributed by atoms with Gasteiger partial charge in [0.1, 0.15) is 11.6 Å². The van der Waals surface area contributed by atoms with Crippen molar-refractivity contribution < 1.29 is 9.18 Å². The SMILES string of the molecule is Cc1ccnc(NC(=O)c2ccc(-c3ccc(F)cc3)s2)c1. The number of anilines is 1. The van der Waals surface area contributed by atoms with Crippen molar-refractivity contribution in [2.24, 2.45) is 0 Å². The van der Waals surface area contributed by atoms with E-state index < -0.39 is 0 Å². The molecule has 0 aliphatic heterocycles. The summed E-state index contributed by atoms with van der Waals surface area (Å²) >= 11 is 1.36. The maximum absolute atomic E-state index is 12.9. The number of carbonyl (C=O) groups excluding carboxylic acids is 1. The highest BCUT2D eigenvalue weighted by Gasteiger charge is 2.11. The van der Waals surface area contributed by atoms with E-state index in [-0.39, 0.29) is 11.7 Å². The monoisotopic (exact) mass is 312 g/mol. The first-order valence-corrected chi connectivity index (χ1v) is 7.53. The Bertz CT molecular complexity index is 812. The van der Waals surface area contributed by atoms with Gasteiger partial charge in [0, 0.05) is 11.1 Å². The molecule has 3 rings (SSSR count). The summed E-state index contributed by atoms with van der Waals surface area (Å²) in [5.41, 5.74) is 1.92. The second-order valence-corrected chi connectivity index (χ2v) is 5.93. The third-order valence-electron chi connectivity index (χ3n) is 3.12. The number of nitrogens with one attached hydrogen (secondary N) is 1. The number of amides is 1. The molecule has 110 valence electrons. The molecule has 0 bridgehead atoms. The summed E-state index contributed by atoms with van der Waals surface area (Å²) in [6.07, 6.45) is 1.66. The van der Waals surface area contributed by atoms with E-state index in [9.17, 15) is 9.18 Å². The molecule has 22 heavy (non-hydrogen) atoms. The van der Waals surface area contributed by atoms with Gasteiger partial charge in [-0.25, -0.2) is 9.37 Å². The standard InChI is InChI=1S/C17H13FN2OS/c1-11-8-9-19-16(10-11)20-17(21)15-7-6-14(22-15)12-2-4-13(18)5-3-12/h2-10H,1H3,(H,19,20,21). The summed E-state index contributed by atoms with van der Waals surface area (Å²) in [7, 11) is 0. The number of halogens is 1. The van der Waals surface area contributed by atoms with Crippen LogP contribution < -0.4 is 5.32 Å². The van der Waals surface area contributed by atoms with E-state index >= 15 is 0 Å². The molecule has 0 spiro atoms. The van der Waals surface area contributed by atoms with Crippen molar-refractivity contribution in [2.45, 2.75) is 6.92 Å². The molecule has 1 amide bonds. The quantitative estimate of drug-likeness (QED) is 0.773. The highest BCUT2D eigenvalue weighted by molar-refractivity contribution is 7.17. The predicted octanol–water partition coefficient (Wildman–Crippen LogP) is 4.51. The topological polar surface area (TPSA) is 42.0 Å². The Balaban J connectivity index is 1.78. The van der Waals surface area contributed by atoms with Gasteiger partial charge in [0.15, 0.2) is 0 Å². The number of pyridine rings is 1. The molecule has 5 heteroatoms. The molecule has 0 atom stereocenters. The summed E-state index contributed by atoms with van der Waals surface area (Å²) in [6, 6.07) is 13.5. The van der Waals surface area contributed by atoms with Crippen molar-refractivity contribution in [3.05, 3.63) is 71.0 Å². The molecule has 0 radical (unpaired) electrons. The molecule has 0 aliphatic carbocycles. The molecule has 2 aromatic heterocycles. The summed E-state index contributed by atoms with van der Waals surface area (Å²) < 4.78 is 12.9. The lowest BCUT2D eigenvalue weighted by molar-refractivity contribution is 0.103. The van der Waals surface area contributed by atoms with Crippen LogP contribution in [0.1, 0.15) is 15.2 Å². The van der Waals surface area contributed by atoms with Gasteiger partial charge >= 0.3 is 0 Å². The molecular weight excluding hydrogens is 299 g/mol. The molecule has 3 aromatic rings. The summed E-state index contributed by atoms with van der Waals surface area (Å²) in [4.78, 5) is 17.8. The molecule has 3 nitrogen and oxygen atoms in total. The van der Waals surface area contributed by atoms with E-state index in [0.29, 0.717) is 10.7 Å². The van der Waals surface area contributed by atoms with Gasteiger partial charge in [0.2, 0.25) is 0 Å². The fourth-order valence-corrected chi connectivity index (χ4v) is 2.92. The lowest BCUT2D eigenvalue weighted by atomic mass is 10.2. The van der Waals surface area contributed by atoms with Crippen LogP contribution in [0.2, 0.25) is 0 Å². The van der Waals surface area contributed by atoms with Crippen LogP contribution in [0.15, 0.2) is 54.7 Å². The Labute approximate surface area is 131 Å². The minimum atomic E-state index is -0.274. The highest BCUT2D eigenvalue weighted by atomic mass is 32.1. The smallest absolute Gasteiger partial charge is 0.266 e. The van der Waals surface area contributed by atoms with Gasteiger partial charge in [0.05, 0.1) is 4.88 Å². The summed E-state index contributed by atoms with van der Waals surface area (Å²) in [5.74, 6) is 0.0574. The first-order valence-electron chi connectivity index (χ1n) is 6.71. The van der Waals surface area contributed by atoms with Crippen molar-refractivity contribution in [3.8, 4) is 10.4 Å². The van der Waals surface area contributed by atoms with Crippen LogP contribution >= 0.6 is 11.3 Å². The first-order chi connectivity index (χ1) is 10.6. The highest BCUT2D eigenvalue weighted by Crippen LogP contribution is 2.28. The van der Waals surface area contributed by atoms with Crippen LogP contribution in [-0.2, 0) is 0 Å². The van der Waals surface area contributed by atoms with Gasteiger partial charge < -0.3 is 5.32 Å². The number of aromatic nitrogens is 1. The number of nitrogens with zero attached hydrogens (tertiary/aromatic N) is 1. The molecule has 0 unspecified atom stereocenters. The van der Waals surface area contributed by atoms with Gasteiger partial charge in [-0.1, -0.05) is 12.1 Å². The number of aryl methyl sites for hydroxylation is 1. The van der Waals surface area contributed by atoms with E-state index in [1.54, 1.807) is 24.4 Å². The maximum atomic E-state index is 12.9. The second-order valence-electron chi connectivity index (χ2n) is 4.84. The van der Waals surface area contributed by atoms with Crippen LogP contribution in [0.5, 0.6) is 0 Å². The zero-order chi connectivity index (χ0) is 15.5. The van der Waals surface area contributed by atoms with Crippen LogP contribution in [0.3, 0.4) is 0 Å². The molecule has 0 saturated heterocycles. The fraction of sp³-hybridized carbons (Fsp3) is 0.0588. The Kier molecular flexibility index (Phi) is 3.98. The van der Waals surface area contributed by atoms with Gasteiger partial charge in [-0.05, 0) is 54.4 Å². The normalized spacial score (nSPS) is 10.5. The fourth-order valence-electron chi connectivity index (χ4n) is 2.01. The van der Waals surface area contributed by atoms with Gasteiger partial charge in [-0.2, -0.15) is 0 Å². The Morgan fingerprint density at radius 1 is 1.14 bits per heavy atom. The molecule has 1 aromatic carbocycles. The van der Waals surface area contributed by atoms with Crippen molar-refractivity contribution >= 4 is 23.1 Å². The number of thiophene rings is 1. The van der Waals surface area contributed by atoms with Crippen molar-refractivity contribution in [2.75, 3.05) is 5.32 Å². The third-order valence-corrected chi connectivity index (χ3v) is 4.25. The maximum Gasteiger partial charge on any atom is 0.266 e. The van der Waals surface area contributed by atoms with E-state index in [2.05, 4.69) is 10.3 Å². The average Bonchev–Trinajstić information content (AvgIpc) is 2.98. The number of benzene rings is 1. The Morgan fingerprint density at radius 2 is 1.91 bits per heavy atom. The Morgan fingerprint density at radius 3 is 2.64 bits per heavy atom. The molecule has 2 heterocycles.